The number of H-pyrrole nitrogens is 1. The summed E-state index contributed by atoms with van der Waals surface area (Å²) in [5, 5.41) is 10.2. The van der Waals surface area contributed by atoms with Gasteiger partial charge in [-0.1, -0.05) is 6.92 Å². The first-order valence-electron chi connectivity index (χ1n) is 7.06. The molecule has 0 radical (unpaired) electrons. The molecule has 2 aromatic heterocycles. The fraction of sp³-hybridized carbons (Fsp3) is 0.500. The third kappa shape index (κ3) is 2.39. The van der Waals surface area contributed by atoms with E-state index in [9.17, 15) is 9.90 Å². The zero-order valence-electron chi connectivity index (χ0n) is 12.2. The minimum atomic E-state index is -0.852. The fourth-order valence-corrected chi connectivity index (χ4v) is 3.02. The standard InChI is InChI=1S/C14H19N5O2/c1-9-4-6-19(14(20)21)7-11(9)18(2)13-10-3-5-15-12(10)16-8-17-13/h3,5,8-9,11H,4,6-7H2,1-2H3,(H,20,21)(H,15,16,17). The molecule has 0 spiro atoms. The van der Waals surface area contributed by atoms with Crippen LogP contribution in [0.4, 0.5) is 10.6 Å². The van der Waals surface area contributed by atoms with Crippen LogP contribution in [0.25, 0.3) is 11.0 Å². The predicted molar refractivity (Wildman–Crippen MR) is 79.5 cm³/mol. The van der Waals surface area contributed by atoms with Crippen molar-refractivity contribution in [3.63, 3.8) is 0 Å². The van der Waals surface area contributed by atoms with Crippen LogP contribution in [0, 0.1) is 5.92 Å². The molecule has 0 bridgehead atoms. The van der Waals surface area contributed by atoms with Gasteiger partial charge in [0.1, 0.15) is 17.8 Å². The molecular weight excluding hydrogens is 270 g/mol. The molecule has 3 heterocycles. The van der Waals surface area contributed by atoms with Crippen LogP contribution < -0.4 is 4.90 Å². The maximum absolute atomic E-state index is 11.2. The number of piperidine rings is 1. The number of nitrogens with zero attached hydrogens (tertiary/aromatic N) is 4. The normalized spacial score (nSPS) is 22.5. The minimum Gasteiger partial charge on any atom is -0.465 e. The Morgan fingerprint density at radius 2 is 2.33 bits per heavy atom. The highest BCUT2D eigenvalue weighted by Gasteiger charge is 2.32. The van der Waals surface area contributed by atoms with Gasteiger partial charge in [-0.05, 0) is 18.4 Å². The topological polar surface area (TPSA) is 85.3 Å². The molecule has 2 N–H and O–H groups in total. The van der Waals surface area contributed by atoms with E-state index in [1.54, 1.807) is 0 Å². The number of anilines is 1. The first-order chi connectivity index (χ1) is 10.1. The molecule has 7 heteroatoms. The van der Waals surface area contributed by atoms with Crippen LogP contribution in [0.3, 0.4) is 0 Å². The Hall–Kier alpha value is -2.31. The van der Waals surface area contributed by atoms with Crippen molar-refractivity contribution in [2.75, 3.05) is 25.0 Å². The second-order valence-corrected chi connectivity index (χ2v) is 5.61. The smallest absolute Gasteiger partial charge is 0.407 e. The Morgan fingerprint density at radius 3 is 3.10 bits per heavy atom. The molecule has 0 aromatic carbocycles. The average Bonchev–Trinajstić information content (AvgIpc) is 2.95. The lowest BCUT2D eigenvalue weighted by atomic mass is 9.92. The number of hydrogen-bond acceptors (Lipinski definition) is 4. The molecule has 0 saturated carbocycles. The van der Waals surface area contributed by atoms with E-state index >= 15 is 0 Å². The van der Waals surface area contributed by atoms with Gasteiger partial charge < -0.3 is 19.9 Å². The number of likely N-dealkylation sites (N-methyl/N-ethyl adjacent to an activating group) is 1. The van der Waals surface area contributed by atoms with Gasteiger partial charge in [-0.2, -0.15) is 0 Å². The molecule has 112 valence electrons. The molecule has 21 heavy (non-hydrogen) atoms. The van der Waals surface area contributed by atoms with Gasteiger partial charge in [-0.25, -0.2) is 14.8 Å². The highest BCUT2D eigenvalue weighted by atomic mass is 16.4. The van der Waals surface area contributed by atoms with Crippen molar-refractivity contribution in [1.82, 2.24) is 19.9 Å². The highest BCUT2D eigenvalue weighted by Crippen LogP contribution is 2.28. The molecule has 1 amide bonds. The van der Waals surface area contributed by atoms with E-state index in [0.29, 0.717) is 19.0 Å². The summed E-state index contributed by atoms with van der Waals surface area (Å²) < 4.78 is 0. The largest absolute Gasteiger partial charge is 0.465 e. The molecular formula is C14H19N5O2. The summed E-state index contributed by atoms with van der Waals surface area (Å²) in [5.41, 5.74) is 0.797. The van der Waals surface area contributed by atoms with Crippen LogP contribution in [-0.2, 0) is 0 Å². The number of hydrogen-bond donors (Lipinski definition) is 2. The third-order valence-electron chi connectivity index (χ3n) is 4.35. The van der Waals surface area contributed by atoms with Crippen molar-refractivity contribution in [1.29, 1.82) is 0 Å². The number of likely N-dealkylation sites (tertiary alicyclic amines) is 1. The summed E-state index contributed by atoms with van der Waals surface area (Å²) in [4.78, 5) is 26.4. The molecule has 2 atom stereocenters. The van der Waals surface area contributed by atoms with E-state index < -0.39 is 6.09 Å². The van der Waals surface area contributed by atoms with E-state index in [0.717, 1.165) is 23.3 Å². The van der Waals surface area contributed by atoms with Crippen LogP contribution >= 0.6 is 0 Å². The maximum atomic E-state index is 11.2. The van der Waals surface area contributed by atoms with Gasteiger partial charge in [0.2, 0.25) is 0 Å². The van der Waals surface area contributed by atoms with Gasteiger partial charge in [-0.15, -0.1) is 0 Å². The van der Waals surface area contributed by atoms with Crippen molar-refractivity contribution < 1.29 is 9.90 Å². The molecule has 1 aliphatic rings. The maximum Gasteiger partial charge on any atom is 0.407 e. The Labute approximate surface area is 122 Å². The molecule has 0 aliphatic carbocycles. The third-order valence-corrected chi connectivity index (χ3v) is 4.35. The van der Waals surface area contributed by atoms with Crippen molar-refractivity contribution in [3.05, 3.63) is 18.6 Å². The predicted octanol–water partition coefficient (Wildman–Crippen LogP) is 1.78. The van der Waals surface area contributed by atoms with Crippen LogP contribution in [-0.4, -0.2) is 57.2 Å². The minimum absolute atomic E-state index is 0.114. The molecule has 1 saturated heterocycles. The summed E-state index contributed by atoms with van der Waals surface area (Å²) in [6.45, 7) is 3.27. The van der Waals surface area contributed by atoms with Crippen LogP contribution in [0.5, 0.6) is 0 Å². The van der Waals surface area contributed by atoms with E-state index in [2.05, 4.69) is 26.8 Å². The van der Waals surface area contributed by atoms with E-state index in [-0.39, 0.29) is 6.04 Å². The van der Waals surface area contributed by atoms with Crippen molar-refractivity contribution in [3.8, 4) is 0 Å². The monoisotopic (exact) mass is 289 g/mol. The number of rotatable bonds is 2. The lowest BCUT2D eigenvalue weighted by Crippen LogP contribution is -2.52. The Kier molecular flexibility index (Phi) is 3.40. The van der Waals surface area contributed by atoms with Crippen LogP contribution in [0.2, 0.25) is 0 Å². The first kappa shape index (κ1) is 13.7. The second kappa shape index (κ2) is 5.23. The second-order valence-electron chi connectivity index (χ2n) is 5.61. The number of carbonyl (C=O) groups is 1. The Balaban J connectivity index is 1.91. The molecule has 2 unspecified atom stereocenters. The summed E-state index contributed by atoms with van der Waals surface area (Å²) >= 11 is 0. The van der Waals surface area contributed by atoms with Gasteiger partial charge in [0.15, 0.2) is 0 Å². The first-order valence-corrected chi connectivity index (χ1v) is 7.06. The van der Waals surface area contributed by atoms with Gasteiger partial charge in [0.05, 0.1) is 11.4 Å². The number of aromatic amines is 1. The van der Waals surface area contributed by atoms with Crippen molar-refractivity contribution in [2.45, 2.75) is 19.4 Å². The quantitative estimate of drug-likeness (QED) is 0.880. The number of aromatic nitrogens is 3. The van der Waals surface area contributed by atoms with E-state index in [4.69, 9.17) is 0 Å². The summed E-state index contributed by atoms with van der Waals surface area (Å²) in [6.07, 6.45) is 3.38. The number of nitrogens with one attached hydrogen (secondary N) is 1. The van der Waals surface area contributed by atoms with E-state index in [1.165, 1.54) is 11.2 Å². The van der Waals surface area contributed by atoms with Gasteiger partial charge in [-0.3, -0.25) is 0 Å². The van der Waals surface area contributed by atoms with E-state index in [1.807, 2.05) is 19.3 Å². The average molecular weight is 289 g/mol. The Morgan fingerprint density at radius 1 is 1.52 bits per heavy atom. The Bertz CT molecular complexity index is 656. The molecule has 7 nitrogen and oxygen atoms in total. The number of fused-ring (bicyclic) bond motifs is 1. The lowest BCUT2D eigenvalue weighted by Gasteiger charge is -2.41. The highest BCUT2D eigenvalue weighted by molar-refractivity contribution is 5.87. The van der Waals surface area contributed by atoms with Crippen molar-refractivity contribution >= 4 is 22.9 Å². The van der Waals surface area contributed by atoms with Gasteiger partial charge in [0, 0.05) is 26.3 Å². The fourth-order valence-electron chi connectivity index (χ4n) is 3.02. The van der Waals surface area contributed by atoms with Crippen molar-refractivity contribution in [2.24, 2.45) is 5.92 Å². The van der Waals surface area contributed by atoms with Gasteiger partial charge in [0.25, 0.3) is 0 Å². The molecule has 1 fully saturated rings. The molecule has 2 aromatic rings. The van der Waals surface area contributed by atoms with Crippen LogP contribution in [0.15, 0.2) is 18.6 Å². The molecule has 3 rings (SSSR count). The SMILES string of the molecule is CC1CCN(C(=O)O)CC1N(C)c1ncnc2[nH]ccc12. The number of carboxylic acid groups (broad SMARTS) is 1. The summed E-state index contributed by atoms with van der Waals surface area (Å²) in [6, 6.07) is 2.06. The van der Waals surface area contributed by atoms with Crippen LogP contribution in [0.1, 0.15) is 13.3 Å². The summed E-state index contributed by atoms with van der Waals surface area (Å²) in [5.74, 6) is 1.25. The number of amides is 1. The molecule has 1 aliphatic heterocycles. The zero-order valence-corrected chi connectivity index (χ0v) is 12.2. The van der Waals surface area contributed by atoms with Gasteiger partial charge >= 0.3 is 6.09 Å². The lowest BCUT2D eigenvalue weighted by molar-refractivity contribution is 0.118. The summed E-state index contributed by atoms with van der Waals surface area (Å²) in [7, 11) is 1.97. The zero-order chi connectivity index (χ0) is 15.0.